The van der Waals surface area contributed by atoms with Crippen LogP contribution in [0, 0.1) is 0 Å². The lowest BCUT2D eigenvalue weighted by molar-refractivity contribution is -0.117. The molecule has 1 N–H and O–H groups in total. The molecule has 2 aromatic carbocycles. The van der Waals surface area contributed by atoms with E-state index in [2.05, 4.69) is 20.7 Å². The molecule has 9 nitrogen and oxygen atoms in total. The van der Waals surface area contributed by atoms with Crippen LogP contribution < -0.4 is 9.62 Å². The van der Waals surface area contributed by atoms with Crippen molar-refractivity contribution in [3.63, 3.8) is 0 Å². The van der Waals surface area contributed by atoms with Crippen LogP contribution >= 0.6 is 11.3 Å². The van der Waals surface area contributed by atoms with E-state index in [0.717, 1.165) is 5.56 Å². The van der Waals surface area contributed by atoms with Crippen molar-refractivity contribution in [3.05, 3.63) is 71.4 Å². The first kappa shape index (κ1) is 20.7. The van der Waals surface area contributed by atoms with Crippen molar-refractivity contribution in [1.29, 1.82) is 0 Å². The molecule has 0 unspecified atom stereocenters. The number of nitrogens with one attached hydrogen (secondary N) is 1. The molecule has 0 saturated carbocycles. The van der Waals surface area contributed by atoms with E-state index >= 15 is 0 Å². The van der Waals surface area contributed by atoms with Crippen LogP contribution in [0.3, 0.4) is 0 Å². The van der Waals surface area contributed by atoms with Gasteiger partial charge in [0.1, 0.15) is 6.54 Å². The Hall–Kier alpha value is -3.57. The highest BCUT2D eigenvalue weighted by Gasteiger charge is 2.21. The minimum Gasteiger partial charge on any atom is -0.324 e. The van der Waals surface area contributed by atoms with Gasteiger partial charge in [-0.3, -0.25) is 9.10 Å². The Morgan fingerprint density at radius 2 is 1.94 bits per heavy atom. The molecule has 158 valence electrons. The Morgan fingerprint density at radius 3 is 2.68 bits per heavy atom. The first-order chi connectivity index (χ1) is 14.9. The standard InChI is InChI=1S/C20H18N6O3S2/c1-25(17-7-3-2-4-8-17)31(28,29)18-9-5-6-16(12-18)21-19(27)13-26-23-20(22-24-26)15-10-11-30-14-15/h2-12,14H,13H2,1H3,(H,21,27). The number of sulfonamides is 1. The van der Waals surface area contributed by atoms with E-state index in [0.29, 0.717) is 17.2 Å². The molecule has 0 fully saturated rings. The number of hydrogen-bond donors (Lipinski definition) is 1. The van der Waals surface area contributed by atoms with Gasteiger partial charge in [-0.1, -0.05) is 24.3 Å². The molecule has 0 aliphatic rings. The van der Waals surface area contributed by atoms with Gasteiger partial charge in [0.05, 0.1) is 10.6 Å². The molecule has 0 aliphatic carbocycles. The molecule has 0 bridgehead atoms. The van der Waals surface area contributed by atoms with E-state index in [-0.39, 0.29) is 11.4 Å². The summed E-state index contributed by atoms with van der Waals surface area (Å²) in [5, 5.41) is 18.5. The lowest BCUT2D eigenvalue weighted by Crippen LogP contribution is -2.26. The predicted molar refractivity (Wildman–Crippen MR) is 118 cm³/mol. The third-order valence-electron chi connectivity index (χ3n) is 4.41. The number of carbonyl (C=O) groups is 1. The van der Waals surface area contributed by atoms with Gasteiger partial charge in [0.15, 0.2) is 0 Å². The third kappa shape index (κ3) is 4.62. The van der Waals surface area contributed by atoms with Gasteiger partial charge < -0.3 is 5.32 Å². The monoisotopic (exact) mass is 454 g/mol. The smallest absolute Gasteiger partial charge is 0.264 e. The maximum atomic E-state index is 13.0. The van der Waals surface area contributed by atoms with Crippen molar-refractivity contribution in [2.75, 3.05) is 16.7 Å². The number of carbonyl (C=O) groups excluding carboxylic acids is 1. The second-order valence-electron chi connectivity index (χ2n) is 6.54. The number of para-hydroxylation sites is 1. The zero-order valence-electron chi connectivity index (χ0n) is 16.4. The minimum absolute atomic E-state index is 0.0651. The summed E-state index contributed by atoms with van der Waals surface area (Å²) in [6, 6.07) is 16.7. The van der Waals surface area contributed by atoms with Crippen molar-refractivity contribution in [2.45, 2.75) is 11.4 Å². The highest BCUT2D eigenvalue weighted by Crippen LogP contribution is 2.23. The Labute approximate surface area is 183 Å². The van der Waals surface area contributed by atoms with Crippen LogP contribution in [0.2, 0.25) is 0 Å². The summed E-state index contributed by atoms with van der Waals surface area (Å²) in [5.41, 5.74) is 1.72. The number of thiophene rings is 1. The summed E-state index contributed by atoms with van der Waals surface area (Å²) in [6.07, 6.45) is 0. The summed E-state index contributed by atoms with van der Waals surface area (Å²) in [6.45, 7) is -0.155. The molecule has 1 amide bonds. The lowest BCUT2D eigenvalue weighted by atomic mass is 10.3. The maximum absolute atomic E-state index is 13.0. The Morgan fingerprint density at radius 1 is 1.13 bits per heavy atom. The molecule has 4 rings (SSSR count). The van der Waals surface area contributed by atoms with Gasteiger partial charge in [-0.05, 0) is 47.0 Å². The maximum Gasteiger partial charge on any atom is 0.264 e. The van der Waals surface area contributed by atoms with Crippen LogP contribution in [0.5, 0.6) is 0 Å². The molecule has 11 heteroatoms. The van der Waals surface area contributed by atoms with Crippen molar-refractivity contribution in [3.8, 4) is 11.4 Å². The van der Waals surface area contributed by atoms with Gasteiger partial charge in [0.25, 0.3) is 10.0 Å². The first-order valence-electron chi connectivity index (χ1n) is 9.18. The topological polar surface area (TPSA) is 110 Å². The average Bonchev–Trinajstić information content (AvgIpc) is 3.46. The summed E-state index contributed by atoms with van der Waals surface area (Å²) in [7, 11) is -2.30. The van der Waals surface area contributed by atoms with Gasteiger partial charge in [0.2, 0.25) is 11.7 Å². The average molecular weight is 455 g/mol. The number of amides is 1. The van der Waals surface area contributed by atoms with Crippen molar-refractivity contribution < 1.29 is 13.2 Å². The largest absolute Gasteiger partial charge is 0.324 e. The second kappa shape index (κ2) is 8.66. The highest BCUT2D eigenvalue weighted by molar-refractivity contribution is 7.92. The van der Waals surface area contributed by atoms with Crippen LogP contribution in [-0.4, -0.2) is 41.6 Å². The SMILES string of the molecule is CN(c1ccccc1)S(=O)(=O)c1cccc(NC(=O)Cn2nnc(-c3ccsc3)n2)c1. The normalized spacial score (nSPS) is 11.3. The Kier molecular flexibility index (Phi) is 5.78. The van der Waals surface area contributed by atoms with Crippen LogP contribution in [0.25, 0.3) is 11.4 Å². The molecule has 0 saturated heterocycles. The van der Waals surface area contributed by atoms with Crippen LogP contribution in [0.1, 0.15) is 0 Å². The summed E-state index contributed by atoms with van der Waals surface area (Å²) >= 11 is 1.51. The van der Waals surface area contributed by atoms with E-state index in [1.54, 1.807) is 36.4 Å². The summed E-state index contributed by atoms with van der Waals surface area (Å²) < 4.78 is 27.1. The quantitative estimate of drug-likeness (QED) is 0.460. The van der Waals surface area contributed by atoms with E-state index in [1.807, 2.05) is 22.9 Å². The van der Waals surface area contributed by atoms with E-state index in [1.165, 1.54) is 39.6 Å². The molecule has 0 spiro atoms. The van der Waals surface area contributed by atoms with Crippen LogP contribution in [0.15, 0.2) is 76.3 Å². The van der Waals surface area contributed by atoms with Gasteiger partial charge >= 0.3 is 0 Å². The number of nitrogens with zero attached hydrogens (tertiary/aromatic N) is 5. The van der Waals surface area contributed by atoms with Gasteiger partial charge in [-0.2, -0.15) is 16.1 Å². The predicted octanol–water partition coefficient (Wildman–Crippen LogP) is 2.87. The fraction of sp³-hybridized carbons (Fsp3) is 0.100. The lowest BCUT2D eigenvalue weighted by Gasteiger charge is -2.19. The number of hydrogen-bond acceptors (Lipinski definition) is 7. The van der Waals surface area contributed by atoms with Gasteiger partial charge in [-0.15, -0.1) is 10.2 Å². The Bertz CT molecular complexity index is 1290. The fourth-order valence-corrected chi connectivity index (χ4v) is 4.69. The Balaban J connectivity index is 1.46. The zero-order chi connectivity index (χ0) is 21.8. The molecule has 4 aromatic rings. The molecular formula is C20H18N6O3S2. The summed E-state index contributed by atoms with van der Waals surface area (Å²) in [5.74, 6) is 0.0336. The third-order valence-corrected chi connectivity index (χ3v) is 6.88. The zero-order valence-corrected chi connectivity index (χ0v) is 18.0. The number of anilines is 2. The van der Waals surface area contributed by atoms with Gasteiger partial charge in [0, 0.05) is 23.7 Å². The molecule has 0 radical (unpaired) electrons. The van der Waals surface area contributed by atoms with Crippen molar-refractivity contribution >= 4 is 38.6 Å². The fourth-order valence-electron chi connectivity index (χ4n) is 2.82. The second-order valence-corrected chi connectivity index (χ2v) is 9.29. The van der Waals surface area contributed by atoms with E-state index in [9.17, 15) is 13.2 Å². The molecule has 31 heavy (non-hydrogen) atoms. The number of aromatic nitrogens is 4. The molecule has 0 aliphatic heterocycles. The number of rotatable bonds is 7. The number of benzene rings is 2. The number of tetrazole rings is 1. The summed E-state index contributed by atoms with van der Waals surface area (Å²) in [4.78, 5) is 13.6. The molecule has 0 atom stereocenters. The van der Waals surface area contributed by atoms with E-state index < -0.39 is 15.9 Å². The van der Waals surface area contributed by atoms with Crippen LogP contribution in [0.4, 0.5) is 11.4 Å². The van der Waals surface area contributed by atoms with E-state index in [4.69, 9.17) is 0 Å². The van der Waals surface area contributed by atoms with Crippen molar-refractivity contribution in [1.82, 2.24) is 20.2 Å². The first-order valence-corrected chi connectivity index (χ1v) is 11.6. The van der Waals surface area contributed by atoms with Crippen molar-refractivity contribution in [2.24, 2.45) is 0 Å². The van der Waals surface area contributed by atoms with Gasteiger partial charge in [-0.25, -0.2) is 8.42 Å². The molecule has 2 aromatic heterocycles. The van der Waals surface area contributed by atoms with Crippen LogP contribution in [-0.2, 0) is 21.4 Å². The molecule has 2 heterocycles. The minimum atomic E-state index is -3.79. The highest BCUT2D eigenvalue weighted by atomic mass is 32.2. The molecular weight excluding hydrogens is 436 g/mol.